The highest BCUT2D eigenvalue weighted by Gasteiger charge is 2.21. The van der Waals surface area contributed by atoms with Crippen LogP contribution in [0.3, 0.4) is 0 Å². The number of rotatable bonds is 6. The van der Waals surface area contributed by atoms with E-state index in [4.69, 9.17) is 0 Å². The first-order valence-electron chi connectivity index (χ1n) is 9.54. The lowest BCUT2D eigenvalue weighted by atomic mass is 10.1. The fourth-order valence-corrected chi connectivity index (χ4v) is 3.38. The van der Waals surface area contributed by atoms with Gasteiger partial charge in [0.15, 0.2) is 0 Å². The van der Waals surface area contributed by atoms with E-state index in [1.807, 2.05) is 13.8 Å². The van der Waals surface area contributed by atoms with Gasteiger partial charge in [0.1, 0.15) is 5.82 Å². The third kappa shape index (κ3) is 4.27. The second kappa shape index (κ2) is 8.66. The number of aromatic nitrogens is 1. The molecule has 0 bridgehead atoms. The van der Waals surface area contributed by atoms with E-state index in [9.17, 15) is 9.59 Å². The van der Waals surface area contributed by atoms with Gasteiger partial charge < -0.3 is 15.1 Å². The lowest BCUT2D eigenvalue weighted by Crippen LogP contribution is -2.30. The molecule has 6 heteroatoms. The first kappa shape index (κ1) is 18.9. The largest absolute Gasteiger partial charge is 0.356 e. The number of pyridine rings is 1. The van der Waals surface area contributed by atoms with Crippen LogP contribution in [0.25, 0.3) is 0 Å². The molecule has 1 aliphatic heterocycles. The molecule has 2 aromatic rings. The zero-order valence-corrected chi connectivity index (χ0v) is 15.9. The third-order valence-corrected chi connectivity index (χ3v) is 4.85. The van der Waals surface area contributed by atoms with E-state index in [1.165, 1.54) is 0 Å². The molecule has 142 valence electrons. The highest BCUT2D eigenvalue weighted by molar-refractivity contribution is 6.08. The van der Waals surface area contributed by atoms with E-state index in [0.29, 0.717) is 29.9 Å². The van der Waals surface area contributed by atoms with Crippen LogP contribution in [0.2, 0.25) is 0 Å². The van der Waals surface area contributed by atoms with Crippen LogP contribution in [-0.4, -0.2) is 47.9 Å². The molecular weight excluding hydrogens is 340 g/mol. The highest BCUT2D eigenvalue weighted by Crippen LogP contribution is 2.23. The van der Waals surface area contributed by atoms with E-state index in [1.54, 1.807) is 47.5 Å². The summed E-state index contributed by atoms with van der Waals surface area (Å²) in [5, 5.41) is 2.92. The van der Waals surface area contributed by atoms with Gasteiger partial charge in [-0.1, -0.05) is 6.07 Å². The summed E-state index contributed by atoms with van der Waals surface area (Å²) in [4.78, 5) is 33.7. The number of hydrogen-bond donors (Lipinski definition) is 1. The summed E-state index contributed by atoms with van der Waals surface area (Å²) in [5.74, 6) is 0.482. The van der Waals surface area contributed by atoms with Crippen molar-refractivity contribution in [2.24, 2.45) is 0 Å². The molecule has 2 amide bonds. The maximum absolute atomic E-state index is 12.8. The molecule has 0 atom stereocenters. The molecule has 1 aromatic heterocycles. The third-order valence-electron chi connectivity index (χ3n) is 4.85. The molecule has 0 unspecified atom stereocenters. The molecule has 1 aromatic carbocycles. The van der Waals surface area contributed by atoms with Crippen molar-refractivity contribution in [2.75, 3.05) is 36.4 Å². The molecule has 1 N–H and O–H groups in total. The summed E-state index contributed by atoms with van der Waals surface area (Å²) >= 11 is 0. The molecular formula is C21H26N4O2. The highest BCUT2D eigenvalue weighted by atomic mass is 16.2. The second-order valence-electron chi connectivity index (χ2n) is 6.58. The lowest BCUT2D eigenvalue weighted by Gasteiger charge is -2.20. The first-order valence-corrected chi connectivity index (χ1v) is 9.54. The molecule has 0 spiro atoms. The average molecular weight is 366 g/mol. The normalized spacial score (nSPS) is 13.5. The molecule has 0 radical (unpaired) electrons. The Morgan fingerprint density at radius 3 is 2.56 bits per heavy atom. The van der Waals surface area contributed by atoms with Gasteiger partial charge in [-0.3, -0.25) is 9.59 Å². The van der Waals surface area contributed by atoms with Crippen molar-refractivity contribution in [1.82, 2.24) is 9.88 Å². The lowest BCUT2D eigenvalue weighted by molar-refractivity contribution is 0.0772. The van der Waals surface area contributed by atoms with Crippen molar-refractivity contribution >= 4 is 23.3 Å². The summed E-state index contributed by atoms with van der Waals surface area (Å²) in [6.07, 6.45) is 3.95. The second-order valence-corrected chi connectivity index (χ2v) is 6.58. The van der Waals surface area contributed by atoms with Gasteiger partial charge in [0.05, 0.1) is 5.56 Å². The molecule has 1 saturated heterocycles. The van der Waals surface area contributed by atoms with Crippen LogP contribution in [0.15, 0.2) is 42.6 Å². The number of carbonyl (C=O) groups is 2. The Labute approximate surface area is 160 Å². The maximum Gasteiger partial charge on any atom is 0.259 e. The Morgan fingerprint density at radius 1 is 1.11 bits per heavy atom. The Kier molecular flexibility index (Phi) is 6.06. The van der Waals surface area contributed by atoms with Crippen LogP contribution in [0.1, 0.15) is 47.4 Å². The fourth-order valence-electron chi connectivity index (χ4n) is 3.38. The first-order chi connectivity index (χ1) is 13.1. The van der Waals surface area contributed by atoms with Gasteiger partial charge in [0.2, 0.25) is 0 Å². The molecule has 1 aliphatic rings. The van der Waals surface area contributed by atoms with Gasteiger partial charge in [-0.25, -0.2) is 4.98 Å². The summed E-state index contributed by atoms with van der Waals surface area (Å²) in [6.45, 7) is 7.06. The number of nitrogens with one attached hydrogen (secondary N) is 1. The number of anilines is 2. The van der Waals surface area contributed by atoms with Crippen LogP contribution in [0, 0.1) is 0 Å². The Hall–Kier alpha value is -2.89. The Bertz CT molecular complexity index is 811. The summed E-state index contributed by atoms with van der Waals surface area (Å²) in [6, 6.07) is 10.6. The van der Waals surface area contributed by atoms with Gasteiger partial charge in [0, 0.05) is 43.6 Å². The van der Waals surface area contributed by atoms with Gasteiger partial charge in [-0.05, 0) is 57.0 Å². The van der Waals surface area contributed by atoms with Crippen molar-refractivity contribution in [3.05, 3.63) is 53.7 Å². The number of nitrogens with zero attached hydrogens (tertiary/aromatic N) is 3. The minimum atomic E-state index is -0.211. The van der Waals surface area contributed by atoms with Gasteiger partial charge in [0.25, 0.3) is 11.8 Å². The Morgan fingerprint density at radius 2 is 1.85 bits per heavy atom. The maximum atomic E-state index is 12.8. The zero-order chi connectivity index (χ0) is 19.2. The summed E-state index contributed by atoms with van der Waals surface area (Å²) < 4.78 is 0. The molecule has 6 nitrogen and oxygen atoms in total. The molecule has 27 heavy (non-hydrogen) atoms. The van der Waals surface area contributed by atoms with E-state index in [2.05, 4.69) is 15.2 Å². The van der Waals surface area contributed by atoms with Crippen molar-refractivity contribution in [1.29, 1.82) is 0 Å². The van der Waals surface area contributed by atoms with E-state index in [0.717, 1.165) is 31.7 Å². The minimum Gasteiger partial charge on any atom is -0.356 e. The zero-order valence-electron chi connectivity index (χ0n) is 15.9. The summed E-state index contributed by atoms with van der Waals surface area (Å²) in [7, 11) is 0. The number of carbonyl (C=O) groups excluding carboxylic acids is 2. The van der Waals surface area contributed by atoms with Crippen LogP contribution in [-0.2, 0) is 0 Å². The van der Waals surface area contributed by atoms with Crippen LogP contribution < -0.4 is 10.2 Å². The smallest absolute Gasteiger partial charge is 0.259 e. The van der Waals surface area contributed by atoms with E-state index < -0.39 is 0 Å². The van der Waals surface area contributed by atoms with Crippen LogP contribution >= 0.6 is 0 Å². The predicted molar refractivity (Wildman–Crippen MR) is 107 cm³/mol. The van der Waals surface area contributed by atoms with Crippen LogP contribution in [0.4, 0.5) is 11.5 Å². The molecule has 1 fully saturated rings. The monoisotopic (exact) mass is 366 g/mol. The van der Waals surface area contributed by atoms with Crippen molar-refractivity contribution in [2.45, 2.75) is 26.7 Å². The topological polar surface area (TPSA) is 65.5 Å². The number of hydrogen-bond acceptors (Lipinski definition) is 4. The van der Waals surface area contributed by atoms with Crippen molar-refractivity contribution in [3.63, 3.8) is 0 Å². The van der Waals surface area contributed by atoms with Gasteiger partial charge in [-0.15, -0.1) is 0 Å². The molecule has 0 aliphatic carbocycles. The predicted octanol–water partition coefficient (Wildman–Crippen LogP) is 3.42. The number of amides is 2. The average Bonchev–Trinajstić information content (AvgIpc) is 3.23. The van der Waals surface area contributed by atoms with Gasteiger partial charge >= 0.3 is 0 Å². The fraction of sp³-hybridized carbons (Fsp3) is 0.381. The quantitative estimate of drug-likeness (QED) is 0.851. The summed E-state index contributed by atoms with van der Waals surface area (Å²) in [5.41, 5.74) is 1.73. The number of benzene rings is 1. The standard InChI is InChI=1S/C21H26N4O2/c1-3-24(4-2)21(27)16-9-7-10-17(15-16)23-20(26)18-11-8-12-22-19(18)25-13-5-6-14-25/h7-12,15H,3-6,13-14H2,1-2H3,(H,23,26). The van der Waals surface area contributed by atoms with Crippen molar-refractivity contribution < 1.29 is 9.59 Å². The molecule has 3 rings (SSSR count). The van der Waals surface area contributed by atoms with Gasteiger partial charge in [-0.2, -0.15) is 0 Å². The Balaban J connectivity index is 1.79. The van der Waals surface area contributed by atoms with Crippen molar-refractivity contribution in [3.8, 4) is 0 Å². The molecule has 2 heterocycles. The molecule has 0 saturated carbocycles. The van der Waals surface area contributed by atoms with E-state index in [-0.39, 0.29) is 11.8 Å². The minimum absolute atomic E-state index is 0.0322. The SMILES string of the molecule is CCN(CC)C(=O)c1cccc(NC(=O)c2cccnc2N2CCCC2)c1. The van der Waals surface area contributed by atoms with Crippen LogP contribution in [0.5, 0.6) is 0 Å². The van der Waals surface area contributed by atoms with E-state index >= 15 is 0 Å².